The van der Waals surface area contributed by atoms with Crippen LogP contribution in [0.1, 0.15) is 5.56 Å². The minimum atomic E-state index is -0.406. The van der Waals surface area contributed by atoms with Crippen molar-refractivity contribution in [1.82, 2.24) is 0 Å². The summed E-state index contributed by atoms with van der Waals surface area (Å²) in [6.45, 7) is 0. The van der Waals surface area contributed by atoms with E-state index in [0.29, 0.717) is 22.7 Å². The van der Waals surface area contributed by atoms with Crippen LogP contribution in [0, 0.1) is 5.82 Å². The van der Waals surface area contributed by atoms with Crippen LogP contribution < -0.4 is 14.8 Å². The van der Waals surface area contributed by atoms with Crippen LogP contribution >= 0.6 is 0 Å². The predicted molar refractivity (Wildman–Crippen MR) is 83.6 cm³/mol. The van der Waals surface area contributed by atoms with Crippen LogP contribution in [-0.4, -0.2) is 20.1 Å². The Morgan fingerprint density at radius 3 is 2.59 bits per heavy atom. The molecular formula is C17H16FNO3. The van der Waals surface area contributed by atoms with Crippen molar-refractivity contribution in [3.05, 3.63) is 59.9 Å². The normalized spacial score (nSPS) is 10.5. The Morgan fingerprint density at radius 2 is 1.91 bits per heavy atom. The Labute approximate surface area is 128 Å². The zero-order valence-corrected chi connectivity index (χ0v) is 12.3. The first-order chi connectivity index (χ1) is 10.6. The fraction of sp³-hybridized carbons (Fsp3) is 0.118. The fourth-order valence-electron chi connectivity index (χ4n) is 1.96. The van der Waals surface area contributed by atoms with E-state index in [1.165, 1.54) is 31.4 Å². The van der Waals surface area contributed by atoms with E-state index in [2.05, 4.69) is 5.32 Å². The van der Waals surface area contributed by atoms with Crippen LogP contribution in [0.15, 0.2) is 48.5 Å². The molecule has 1 amide bonds. The van der Waals surface area contributed by atoms with E-state index in [-0.39, 0.29) is 5.91 Å². The quantitative estimate of drug-likeness (QED) is 0.860. The third kappa shape index (κ3) is 3.85. The molecule has 0 aliphatic heterocycles. The molecule has 2 rings (SSSR count). The molecule has 1 N–H and O–H groups in total. The van der Waals surface area contributed by atoms with Gasteiger partial charge in [-0.2, -0.15) is 0 Å². The Balaban J connectivity index is 2.13. The van der Waals surface area contributed by atoms with E-state index in [1.807, 2.05) is 0 Å². The minimum absolute atomic E-state index is 0.365. The lowest BCUT2D eigenvalue weighted by Crippen LogP contribution is -2.07. The molecule has 0 aliphatic carbocycles. The minimum Gasteiger partial charge on any atom is -0.493 e. The summed E-state index contributed by atoms with van der Waals surface area (Å²) in [6, 6.07) is 11.1. The van der Waals surface area contributed by atoms with Gasteiger partial charge in [-0.25, -0.2) is 4.39 Å². The lowest BCUT2D eigenvalue weighted by Gasteiger charge is -2.09. The molecule has 0 atom stereocenters. The Morgan fingerprint density at radius 1 is 1.14 bits per heavy atom. The molecule has 0 saturated heterocycles. The van der Waals surface area contributed by atoms with Crippen LogP contribution in [-0.2, 0) is 4.79 Å². The van der Waals surface area contributed by atoms with Gasteiger partial charge in [0.25, 0.3) is 0 Å². The van der Waals surface area contributed by atoms with Gasteiger partial charge in [-0.15, -0.1) is 0 Å². The van der Waals surface area contributed by atoms with Crippen LogP contribution in [0.25, 0.3) is 6.08 Å². The maximum absolute atomic E-state index is 13.1. The van der Waals surface area contributed by atoms with E-state index >= 15 is 0 Å². The molecule has 2 aromatic rings. The van der Waals surface area contributed by atoms with Crippen molar-refractivity contribution in [2.45, 2.75) is 0 Å². The third-order valence-electron chi connectivity index (χ3n) is 2.94. The molecule has 4 nitrogen and oxygen atoms in total. The van der Waals surface area contributed by atoms with Crippen LogP contribution in [0.2, 0.25) is 0 Å². The van der Waals surface area contributed by atoms with E-state index in [9.17, 15) is 9.18 Å². The second-order valence-electron chi connectivity index (χ2n) is 4.42. The number of hydrogen-bond acceptors (Lipinski definition) is 3. The molecule has 0 bridgehead atoms. The summed E-state index contributed by atoms with van der Waals surface area (Å²) in [5, 5.41) is 2.58. The van der Waals surface area contributed by atoms with Crippen molar-refractivity contribution < 1.29 is 18.7 Å². The first-order valence-electron chi connectivity index (χ1n) is 6.59. The van der Waals surface area contributed by atoms with Gasteiger partial charge < -0.3 is 14.8 Å². The van der Waals surface area contributed by atoms with Gasteiger partial charge in [-0.1, -0.05) is 18.2 Å². The van der Waals surface area contributed by atoms with Gasteiger partial charge in [0.1, 0.15) is 5.82 Å². The van der Waals surface area contributed by atoms with Crippen LogP contribution in [0.4, 0.5) is 10.1 Å². The smallest absolute Gasteiger partial charge is 0.248 e. The standard InChI is InChI=1S/C17H16FNO3/c1-21-15-8-3-5-12(17(15)22-2)9-10-16(20)19-14-7-4-6-13(18)11-14/h3-11H,1-2H3,(H,19,20)/b10-9+. The van der Waals surface area contributed by atoms with Gasteiger partial charge in [-0.3, -0.25) is 4.79 Å². The summed E-state index contributed by atoms with van der Waals surface area (Å²) in [6.07, 6.45) is 2.96. The number of para-hydroxylation sites is 1. The van der Waals surface area contributed by atoms with E-state index in [1.54, 1.807) is 37.5 Å². The number of amides is 1. The van der Waals surface area contributed by atoms with Crippen molar-refractivity contribution in [2.75, 3.05) is 19.5 Å². The summed E-state index contributed by atoms with van der Waals surface area (Å²) >= 11 is 0. The predicted octanol–water partition coefficient (Wildman–Crippen LogP) is 3.49. The highest BCUT2D eigenvalue weighted by Crippen LogP contribution is 2.31. The zero-order chi connectivity index (χ0) is 15.9. The monoisotopic (exact) mass is 301 g/mol. The van der Waals surface area contributed by atoms with E-state index < -0.39 is 5.82 Å². The van der Waals surface area contributed by atoms with Gasteiger partial charge in [0.2, 0.25) is 5.91 Å². The highest BCUT2D eigenvalue weighted by Gasteiger charge is 2.07. The first-order valence-corrected chi connectivity index (χ1v) is 6.59. The molecule has 5 heteroatoms. The average Bonchev–Trinajstić information content (AvgIpc) is 2.52. The lowest BCUT2D eigenvalue weighted by molar-refractivity contribution is -0.111. The molecule has 114 valence electrons. The summed E-state index contributed by atoms with van der Waals surface area (Å²) in [7, 11) is 3.07. The molecule has 22 heavy (non-hydrogen) atoms. The number of carbonyl (C=O) groups is 1. The number of nitrogens with one attached hydrogen (secondary N) is 1. The molecule has 0 fully saturated rings. The molecule has 0 spiro atoms. The number of rotatable bonds is 5. The number of anilines is 1. The van der Waals surface area contributed by atoms with Gasteiger partial charge in [0, 0.05) is 17.3 Å². The number of benzene rings is 2. The number of ether oxygens (including phenoxy) is 2. The molecule has 0 aliphatic rings. The van der Waals surface area contributed by atoms with Gasteiger partial charge >= 0.3 is 0 Å². The Kier molecular flexibility index (Phi) is 5.14. The third-order valence-corrected chi connectivity index (χ3v) is 2.94. The Bertz CT molecular complexity index is 698. The highest BCUT2D eigenvalue weighted by atomic mass is 19.1. The van der Waals surface area contributed by atoms with Gasteiger partial charge in [0.15, 0.2) is 11.5 Å². The van der Waals surface area contributed by atoms with Gasteiger partial charge in [0.05, 0.1) is 14.2 Å². The van der Waals surface area contributed by atoms with E-state index in [4.69, 9.17) is 9.47 Å². The largest absolute Gasteiger partial charge is 0.493 e. The summed E-state index contributed by atoms with van der Waals surface area (Å²) in [5.74, 6) is 0.349. The van der Waals surface area contributed by atoms with Crippen LogP contribution in [0.5, 0.6) is 11.5 Å². The number of hydrogen-bond donors (Lipinski definition) is 1. The SMILES string of the molecule is COc1cccc(/C=C/C(=O)Nc2cccc(F)c2)c1OC. The first kappa shape index (κ1) is 15.6. The molecule has 2 aromatic carbocycles. The second-order valence-corrected chi connectivity index (χ2v) is 4.42. The molecule has 0 heterocycles. The molecule has 0 saturated carbocycles. The Hall–Kier alpha value is -2.82. The maximum atomic E-state index is 13.1. The van der Waals surface area contributed by atoms with Crippen molar-refractivity contribution in [3.63, 3.8) is 0 Å². The van der Waals surface area contributed by atoms with Crippen molar-refractivity contribution in [1.29, 1.82) is 0 Å². The molecule has 0 radical (unpaired) electrons. The maximum Gasteiger partial charge on any atom is 0.248 e. The second kappa shape index (κ2) is 7.26. The van der Waals surface area contributed by atoms with Crippen molar-refractivity contribution in [2.24, 2.45) is 0 Å². The number of carbonyl (C=O) groups excluding carboxylic acids is 1. The van der Waals surface area contributed by atoms with Crippen molar-refractivity contribution in [3.8, 4) is 11.5 Å². The molecule has 0 aromatic heterocycles. The number of methoxy groups -OCH3 is 2. The molecule has 0 unspecified atom stereocenters. The van der Waals surface area contributed by atoms with Crippen LogP contribution in [0.3, 0.4) is 0 Å². The number of halogens is 1. The highest BCUT2D eigenvalue weighted by molar-refractivity contribution is 6.02. The van der Waals surface area contributed by atoms with Crippen molar-refractivity contribution >= 4 is 17.7 Å². The fourth-order valence-corrected chi connectivity index (χ4v) is 1.96. The zero-order valence-electron chi connectivity index (χ0n) is 12.3. The summed E-state index contributed by atoms with van der Waals surface area (Å²) in [5.41, 5.74) is 1.10. The summed E-state index contributed by atoms with van der Waals surface area (Å²) in [4.78, 5) is 11.9. The topological polar surface area (TPSA) is 47.6 Å². The summed E-state index contributed by atoms with van der Waals surface area (Å²) < 4.78 is 23.5. The van der Waals surface area contributed by atoms with Gasteiger partial charge in [-0.05, 0) is 30.3 Å². The lowest BCUT2D eigenvalue weighted by atomic mass is 10.1. The van der Waals surface area contributed by atoms with E-state index in [0.717, 1.165) is 0 Å². The average molecular weight is 301 g/mol. The molecular weight excluding hydrogens is 285 g/mol.